The summed E-state index contributed by atoms with van der Waals surface area (Å²) in [7, 11) is 0. The van der Waals surface area contributed by atoms with Crippen LogP contribution in [0.15, 0.2) is 30.3 Å². The molecule has 8 heteroatoms. The van der Waals surface area contributed by atoms with E-state index in [-0.39, 0.29) is 18.2 Å². The number of benzene rings is 1. The maximum absolute atomic E-state index is 10.8. The van der Waals surface area contributed by atoms with Gasteiger partial charge in [-0.3, -0.25) is 10.1 Å². The first-order chi connectivity index (χ1) is 11.2. The van der Waals surface area contributed by atoms with Gasteiger partial charge in [-0.05, 0) is 30.2 Å². The van der Waals surface area contributed by atoms with Crippen LogP contribution in [0.2, 0.25) is 0 Å². The van der Waals surface area contributed by atoms with Gasteiger partial charge in [0.2, 0.25) is 12.5 Å². The number of ether oxygens (including phenoxy) is 2. The van der Waals surface area contributed by atoms with Gasteiger partial charge in [-0.15, -0.1) is 0 Å². The van der Waals surface area contributed by atoms with E-state index >= 15 is 0 Å². The maximum atomic E-state index is 10.8. The zero-order chi connectivity index (χ0) is 16.2. The first kappa shape index (κ1) is 14.6. The van der Waals surface area contributed by atoms with Crippen molar-refractivity contribution in [2.45, 2.75) is 6.42 Å². The molecule has 0 atom stereocenters. The Morgan fingerprint density at radius 3 is 2.91 bits per heavy atom. The molecule has 0 radical (unpaired) electrons. The van der Waals surface area contributed by atoms with Crippen LogP contribution in [-0.4, -0.2) is 23.2 Å². The minimum Gasteiger partial charge on any atom is -0.454 e. The topological polar surface area (TPSA) is 110 Å². The number of hydrogen-bond acceptors (Lipinski definition) is 7. The number of nitro groups is 1. The van der Waals surface area contributed by atoms with E-state index in [9.17, 15) is 10.1 Å². The van der Waals surface area contributed by atoms with Crippen LogP contribution in [0, 0.1) is 21.4 Å². The Kier molecular flexibility index (Phi) is 3.93. The summed E-state index contributed by atoms with van der Waals surface area (Å²) in [5, 5.41) is 22.7. The van der Waals surface area contributed by atoms with E-state index in [1.165, 1.54) is 12.1 Å². The lowest BCUT2D eigenvalue weighted by atomic mass is 10.1. The summed E-state index contributed by atoms with van der Waals surface area (Å²) in [6, 6.07) is 10.2. The van der Waals surface area contributed by atoms with Gasteiger partial charge in [0, 0.05) is 12.6 Å². The summed E-state index contributed by atoms with van der Waals surface area (Å²) < 4.78 is 10.6. The highest BCUT2D eigenvalue weighted by atomic mass is 16.7. The van der Waals surface area contributed by atoms with Crippen LogP contribution < -0.4 is 14.8 Å². The molecule has 23 heavy (non-hydrogen) atoms. The SMILES string of the molecule is N#Cc1nc(NCCc2ccc3c(c2)OCO3)ccc1[N+](=O)[O-]. The van der Waals surface area contributed by atoms with Gasteiger partial charge < -0.3 is 14.8 Å². The number of nitrogens with zero attached hydrogens (tertiary/aromatic N) is 3. The van der Waals surface area contributed by atoms with Crippen LogP contribution in [0.3, 0.4) is 0 Å². The lowest BCUT2D eigenvalue weighted by Crippen LogP contribution is -2.07. The molecule has 8 nitrogen and oxygen atoms in total. The van der Waals surface area contributed by atoms with Gasteiger partial charge in [-0.1, -0.05) is 6.07 Å². The molecule has 0 amide bonds. The van der Waals surface area contributed by atoms with Crippen molar-refractivity contribution in [2.24, 2.45) is 0 Å². The van der Waals surface area contributed by atoms with E-state index < -0.39 is 4.92 Å². The summed E-state index contributed by atoms with van der Waals surface area (Å²) in [6.07, 6.45) is 0.706. The second kappa shape index (κ2) is 6.19. The lowest BCUT2D eigenvalue weighted by Gasteiger charge is -2.06. The van der Waals surface area contributed by atoms with Crippen molar-refractivity contribution in [3.05, 3.63) is 51.7 Å². The Bertz CT molecular complexity index is 801. The molecule has 1 N–H and O–H groups in total. The van der Waals surface area contributed by atoms with Crippen LogP contribution >= 0.6 is 0 Å². The molecule has 1 aliphatic heterocycles. The molecule has 2 heterocycles. The van der Waals surface area contributed by atoms with E-state index in [2.05, 4.69) is 10.3 Å². The highest BCUT2D eigenvalue weighted by molar-refractivity contribution is 5.50. The van der Waals surface area contributed by atoms with E-state index in [1.807, 2.05) is 18.2 Å². The molecule has 0 unspecified atom stereocenters. The number of anilines is 1. The van der Waals surface area contributed by atoms with Gasteiger partial charge >= 0.3 is 5.69 Å². The second-order valence-corrected chi connectivity index (χ2v) is 4.80. The smallest absolute Gasteiger partial charge is 0.305 e. The molecule has 3 rings (SSSR count). The zero-order valence-electron chi connectivity index (χ0n) is 12.0. The third kappa shape index (κ3) is 3.13. The molecule has 116 valence electrons. The Hall–Kier alpha value is -3.34. The summed E-state index contributed by atoms with van der Waals surface area (Å²) in [5.41, 5.74) is 0.557. The molecule has 2 aromatic rings. The fourth-order valence-corrected chi connectivity index (χ4v) is 2.21. The minimum atomic E-state index is -0.623. The first-order valence-corrected chi connectivity index (χ1v) is 6.85. The lowest BCUT2D eigenvalue weighted by molar-refractivity contribution is -0.385. The predicted octanol–water partition coefficient (Wildman–Crippen LogP) is 2.24. The number of aromatic nitrogens is 1. The van der Waals surface area contributed by atoms with Crippen LogP contribution in [0.25, 0.3) is 0 Å². The molecular weight excluding hydrogens is 300 g/mol. The van der Waals surface area contributed by atoms with Gasteiger partial charge in [0.1, 0.15) is 11.9 Å². The minimum absolute atomic E-state index is 0.205. The fraction of sp³-hybridized carbons (Fsp3) is 0.200. The van der Waals surface area contributed by atoms with Gasteiger partial charge in [0.25, 0.3) is 0 Å². The van der Waals surface area contributed by atoms with Gasteiger partial charge in [-0.2, -0.15) is 5.26 Å². The third-order valence-electron chi connectivity index (χ3n) is 3.33. The molecule has 1 aliphatic rings. The number of hydrogen-bond donors (Lipinski definition) is 1. The summed E-state index contributed by atoms with van der Waals surface area (Å²) in [4.78, 5) is 14.1. The first-order valence-electron chi connectivity index (χ1n) is 6.85. The average molecular weight is 312 g/mol. The van der Waals surface area contributed by atoms with Crippen LogP contribution in [0.1, 0.15) is 11.3 Å². The normalized spacial score (nSPS) is 11.8. The highest BCUT2D eigenvalue weighted by Gasteiger charge is 2.16. The van der Waals surface area contributed by atoms with Crippen molar-refractivity contribution in [2.75, 3.05) is 18.7 Å². The third-order valence-corrected chi connectivity index (χ3v) is 3.33. The van der Waals surface area contributed by atoms with E-state index in [0.717, 1.165) is 17.1 Å². The number of pyridine rings is 1. The Balaban J connectivity index is 1.63. The quantitative estimate of drug-likeness (QED) is 0.665. The molecule has 0 bridgehead atoms. The molecule has 0 fully saturated rings. The number of fused-ring (bicyclic) bond motifs is 1. The van der Waals surface area contributed by atoms with Crippen LogP contribution in [0.5, 0.6) is 11.5 Å². The van der Waals surface area contributed by atoms with Crippen LogP contribution in [-0.2, 0) is 6.42 Å². The molecule has 0 aliphatic carbocycles. The molecule has 0 saturated heterocycles. The number of rotatable bonds is 5. The molecule has 1 aromatic heterocycles. The maximum Gasteiger partial charge on any atom is 0.305 e. The van der Waals surface area contributed by atoms with Crippen molar-refractivity contribution < 1.29 is 14.4 Å². The Morgan fingerprint density at radius 2 is 2.13 bits per heavy atom. The van der Waals surface area contributed by atoms with Crippen LogP contribution in [0.4, 0.5) is 11.5 Å². The largest absolute Gasteiger partial charge is 0.454 e. The second-order valence-electron chi connectivity index (χ2n) is 4.80. The van der Waals surface area contributed by atoms with E-state index in [0.29, 0.717) is 18.8 Å². The Labute approximate surface area is 131 Å². The Morgan fingerprint density at radius 1 is 1.30 bits per heavy atom. The molecule has 0 spiro atoms. The molecule has 0 saturated carbocycles. The molecule has 1 aromatic carbocycles. The summed E-state index contributed by atoms with van der Waals surface area (Å²) >= 11 is 0. The predicted molar refractivity (Wildman–Crippen MR) is 80.4 cm³/mol. The van der Waals surface area contributed by atoms with E-state index in [1.54, 1.807) is 6.07 Å². The number of nitrogens with one attached hydrogen (secondary N) is 1. The fourth-order valence-electron chi connectivity index (χ4n) is 2.21. The van der Waals surface area contributed by atoms with Gasteiger partial charge in [0.05, 0.1) is 4.92 Å². The highest BCUT2D eigenvalue weighted by Crippen LogP contribution is 2.32. The average Bonchev–Trinajstić information content (AvgIpc) is 3.02. The van der Waals surface area contributed by atoms with Crippen molar-refractivity contribution >= 4 is 11.5 Å². The monoisotopic (exact) mass is 312 g/mol. The van der Waals surface area contributed by atoms with Crippen molar-refractivity contribution in [1.82, 2.24) is 4.98 Å². The number of nitriles is 1. The van der Waals surface area contributed by atoms with E-state index in [4.69, 9.17) is 14.7 Å². The van der Waals surface area contributed by atoms with Crippen molar-refractivity contribution in [3.8, 4) is 17.6 Å². The summed E-state index contributed by atoms with van der Waals surface area (Å²) in [5.74, 6) is 1.88. The van der Waals surface area contributed by atoms with Crippen molar-refractivity contribution in [1.29, 1.82) is 5.26 Å². The standard InChI is InChI=1S/C15H12N4O4/c16-8-11-12(19(20)21)2-4-15(18-11)17-6-5-10-1-3-13-14(7-10)23-9-22-13/h1-4,7H,5-6,9H2,(H,17,18). The molecular formula is C15H12N4O4. The zero-order valence-corrected chi connectivity index (χ0v) is 12.0. The summed E-state index contributed by atoms with van der Waals surface area (Å²) in [6.45, 7) is 0.802. The van der Waals surface area contributed by atoms with Crippen molar-refractivity contribution in [3.63, 3.8) is 0 Å². The van der Waals surface area contributed by atoms with Gasteiger partial charge in [0.15, 0.2) is 11.5 Å². The van der Waals surface area contributed by atoms with Gasteiger partial charge in [-0.25, -0.2) is 4.98 Å².